The summed E-state index contributed by atoms with van der Waals surface area (Å²) in [5, 5.41) is 0. The number of hydrogen-bond donors (Lipinski definition) is 1. The molecule has 0 aromatic carbocycles. The summed E-state index contributed by atoms with van der Waals surface area (Å²) in [7, 11) is -4.07. The van der Waals surface area contributed by atoms with Gasteiger partial charge >= 0.3 is 16.5 Å². The molecule has 0 aromatic heterocycles. The van der Waals surface area contributed by atoms with Crippen LogP contribution in [-0.4, -0.2) is 20.5 Å². The Kier molecular flexibility index (Phi) is 2.82. The highest BCUT2D eigenvalue weighted by atomic mass is 32.2. The molecule has 0 amide bonds. The number of sulfonamides is 1. The van der Waals surface area contributed by atoms with Crippen LogP contribution in [0.4, 0.5) is 0 Å². The number of carbonyl (C=O) groups excluding carboxylic acids is 2. The molecule has 0 bridgehead atoms. The molecule has 1 N–H and O–H groups in total. The van der Waals surface area contributed by atoms with E-state index >= 15 is 0 Å². The summed E-state index contributed by atoms with van der Waals surface area (Å²) in [4.78, 5) is 23.5. The molecule has 0 aliphatic heterocycles. The van der Waals surface area contributed by atoms with Crippen molar-refractivity contribution < 1.29 is 22.8 Å². The van der Waals surface area contributed by atoms with Crippen molar-refractivity contribution in [3.05, 3.63) is 0 Å². The fourth-order valence-electron chi connectivity index (χ4n) is 0.106. The highest BCUT2D eigenvalue weighted by molar-refractivity contribution is 8.02. The van der Waals surface area contributed by atoms with Crippen LogP contribution in [-0.2, 0) is 24.4 Å². The molecule has 7 heteroatoms. The quantitative estimate of drug-likeness (QED) is 0.379. The molecule has 0 saturated heterocycles. The van der Waals surface area contributed by atoms with E-state index in [4.69, 9.17) is 0 Å². The van der Waals surface area contributed by atoms with Gasteiger partial charge in [0.15, 0.2) is 0 Å². The van der Waals surface area contributed by atoms with Crippen molar-refractivity contribution in [1.29, 1.82) is 0 Å². The molecule has 52 valence electrons. The molecular formula is C2H3NO5S. The largest absolute Gasteiger partial charge is 0.358 e. The van der Waals surface area contributed by atoms with E-state index < -0.39 is 10.0 Å². The predicted octanol–water partition coefficient (Wildman–Crippen LogP) is -1.82. The topological polar surface area (TPSA) is 89.5 Å². The lowest BCUT2D eigenvalue weighted by molar-refractivity contribution is -0.131. The molecule has 0 aliphatic rings. The Balaban J connectivity index is 3.89. The summed E-state index contributed by atoms with van der Waals surface area (Å²) >= 11 is 0. The van der Waals surface area contributed by atoms with Crippen LogP contribution in [0.3, 0.4) is 0 Å². The van der Waals surface area contributed by atoms with E-state index in [-0.39, 0.29) is 12.1 Å². The molecular weight excluding hydrogens is 150 g/mol. The lowest BCUT2D eigenvalue weighted by Crippen LogP contribution is -2.23. The van der Waals surface area contributed by atoms with Gasteiger partial charge in [-0.1, -0.05) is 0 Å². The minimum absolute atomic E-state index is 0.152. The van der Waals surface area contributed by atoms with Crippen molar-refractivity contribution >= 4 is 22.1 Å². The zero-order valence-electron chi connectivity index (χ0n) is 4.10. The van der Waals surface area contributed by atoms with Crippen LogP contribution in [0.1, 0.15) is 0 Å². The van der Waals surface area contributed by atoms with Gasteiger partial charge in [-0.25, -0.2) is 8.42 Å². The number of rotatable bonds is 4. The molecule has 9 heavy (non-hydrogen) atoms. The fraction of sp³-hybridized carbons (Fsp3) is 0. The van der Waals surface area contributed by atoms with Crippen LogP contribution in [0.15, 0.2) is 0 Å². The standard InChI is InChI=1S/C2H3NO5S/c4-1-8-3-9(6,7)2-5/h1-3H. The third-order valence-corrected chi connectivity index (χ3v) is 0.921. The van der Waals surface area contributed by atoms with Gasteiger partial charge in [0.1, 0.15) is 0 Å². The highest BCUT2D eigenvalue weighted by Crippen LogP contribution is 1.71. The van der Waals surface area contributed by atoms with Gasteiger partial charge < -0.3 is 4.84 Å². The zero-order chi connectivity index (χ0) is 7.33. The Morgan fingerprint density at radius 2 is 1.89 bits per heavy atom. The maximum Gasteiger partial charge on any atom is 0.314 e. The van der Waals surface area contributed by atoms with Crippen LogP contribution in [0.25, 0.3) is 0 Å². The third kappa shape index (κ3) is 3.62. The van der Waals surface area contributed by atoms with Gasteiger partial charge in [-0.05, 0) is 4.89 Å². The van der Waals surface area contributed by atoms with Gasteiger partial charge in [0.2, 0.25) is 0 Å². The summed E-state index contributed by atoms with van der Waals surface area (Å²) in [6.07, 6.45) is 0. The van der Waals surface area contributed by atoms with Gasteiger partial charge in [-0.3, -0.25) is 9.59 Å². The van der Waals surface area contributed by atoms with Crippen molar-refractivity contribution in [3.8, 4) is 0 Å². The second kappa shape index (κ2) is 3.15. The van der Waals surface area contributed by atoms with Crippen molar-refractivity contribution in [2.75, 3.05) is 0 Å². The average molecular weight is 153 g/mol. The summed E-state index contributed by atoms with van der Waals surface area (Å²) in [5.41, 5.74) is -0.378. The summed E-state index contributed by atoms with van der Waals surface area (Å²) in [6.45, 7) is -0.152. The second-order valence-corrected chi connectivity index (χ2v) is 2.39. The fourth-order valence-corrected chi connectivity index (χ4v) is 0.319. The molecule has 0 aromatic rings. The first-order valence-electron chi connectivity index (χ1n) is 1.68. The zero-order valence-corrected chi connectivity index (χ0v) is 4.92. The van der Waals surface area contributed by atoms with Gasteiger partial charge in [-0.15, -0.1) is 0 Å². The van der Waals surface area contributed by atoms with Gasteiger partial charge in [0.25, 0.3) is 5.62 Å². The molecule has 0 fully saturated rings. The predicted molar refractivity (Wildman–Crippen MR) is 26.0 cm³/mol. The molecule has 0 unspecified atom stereocenters. The van der Waals surface area contributed by atoms with Crippen LogP contribution in [0.5, 0.6) is 0 Å². The van der Waals surface area contributed by atoms with Crippen LogP contribution >= 0.6 is 0 Å². The van der Waals surface area contributed by atoms with E-state index in [0.29, 0.717) is 0 Å². The van der Waals surface area contributed by atoms with Gasteiger partial charge in [-0.2, -0.15) is 0 Å². The van der Waals surface area contributed by atoms with Gasteiger partial charge in [0, 0.05) is 0 Å². The maximum atomic E-state index is 10.00. The lowest BCUT2D eigenvalue weighted by atomic mass is 11.6. The van der Waals surface area contributed by atoms with E-state index in [1.165, 1.54) is 4.89 Å². The molecule has 0 radical (unpaired) electrons. The maximum absolute atomic E-state index is 10.00. The van der Waals surface area contributed by atoms with E-state index in [9.17, 15) is 18.0 Å². The smallest absolute Gasteiger partial charge is 0.314 e. The normalized spacial score (nSPS) is 10.2. The second-order valence-electron chi connectivity index (χ2n) is 0.939. The molecule has 6 nitrogen and oxygen atoms in total. The Bertz CT molecular complexity index is 193. The Morgan fingerprint density at radius 3 is 2.22 bits per heavy atom. The molecule has 0 spiro atoms. The minimum Gasteiger partial charge on any atom is -0.358 e. The van der Waals surface area contributed by atoms with Crippen LogP contribution in [0, 0.1) is 0 Å². The molecule has 0 aliphatic carbocycles. The van der Waals surface area contributed by atoms with Crippen molar-refractivity contribution in [2.45, 2.75) is 0 Å². The first-order chi connectivity index (χ1) is 4.12. The summed E-state index contributed by atoms with van der Waals surface area (Å²) in [5.74, 6) is 0. The van der Waals surface area contributed by atoms with Crippen molar-refractivity contribution in [2.24, 2.45) is 0 Å². The number of hydrogen-bond acceptors (Lipinski definition) is 5. The monoisotopic (exact) mass is 153 g/mol. The molecule has 0 atom stereocenters. The first-order valence-corrected chi connectivity index (χ1v) is 3.23. The molecule has 0 saturated carbocycles. The van der Waals surface area contributed by atoms with Crippen LogP contribution < -0.4 is 4.89 Å². The first kappa shape index (κ1) is 8.05. The summed E-state index contributed by atoms with van der Waals surface area (Å²) < 4.78 is 20.0. The lowest BCUT2D eigenvalue weighted by Gasteiger charge is -1.91. The van der Waals surface area contributed by atoms with Gasteiger partial charge in [0.05, 0.1) is 0 Å². The molecule has 0 rings (SSSR count). The van der Waals surface area contributed by atoms with E-state index in [0.717, 1.165) is 0 Å². The number of nitrogens with one attached hydrogen (secondary N) is 1. The summed E-state index contributed by atoms with van der Waals surface area (Å²) in [6, 6.07) is 0. The number of carbonyl (C=O) groups is 2. The van der Waals surface area contributed by atoms with Crippen molar-refractivity contribution in [3.63, 3.8) is 0 Å². The Hall–Kier alpha value is -0.950. The van der Waals surface area contributed by atoms with E-state index in [1.807, 2.05) is 0 Å². The minimum atomic E-state index is -4.07. The SMILES string of the molecule is O=CONS(=O)(=O)C=O. The third-order valence-electron chi connectivity index (χ3n) is 0.339. The van der Waals surface area contributed by atoms with E-state index in [1.54, 1.807) is 0 Å². The Labute approximate surface area is 50.8 Å². The molecule has 0 heterocycles. The average Bonchev–Trinajstić information content (AvgIpc) is 1.84. The highest BCUT2D eigenvalue weighted by Gasteiger charge is 2.05. The van der Waals surface area contributed by atoms with Crippen LogP contribution in [0.2, 0.25) is 0 Å². The Morgan fingerprint density at radius 1 is 1.33 bits per heavy atom. The van der Waals surface area contributed by atoms with E-state index in [2.05, 4.69) is 4.84 Å². The van der Waals surface area contributed by atoms with Crippen molar-refractivity contribution in [1.82, 2.24) is 4.89 Å².